The Balaban J connectivity index is 2.33. The molecule has 1 unspecified atom stereocenters. The average Bonchev–Trinajstić information content (AvgIpc) is 2.38. The fourth-order valence-corrected chi connectivity index (χ4v) is 2.84. The highest BCUT2D eigenvalue weighted by molar-refractivity contribution is 9.10. The molecule has 3 N–H and O–H groups in total. The quantitative estimate of drug-likeness (QED) is 0.735. The van der Waals surface area contributed by atoms with Gasteiger partial charge in [0.1, 0.15) is 11.6 Å². The van der Waals surface area contributed by atoms with Crippen LogP contribution in [0.5, 0.6) is 0 Å². The molecule has 0 fully saturated rings. The number of pyridine rings is 1. The van der Waals surface area contributed by atoms with Crippen molar-refractivity contribution in [3.63, 3.8) is 0 Å². The maximum Gasteiger partial charge on any atom is 0.149 e. The van der Waals surface area contributed by atoms with Crippen molar-refractivity contribution >= 4 is 50.6 Å². The number of nitrogen functional groups attached to an aromatic ring is 1. The van der Waals surface area contributed by atoms with E-state index in [0.29, 0.717) is 22.1 Å². The number of nitrogens with two attached hydrogens (primary N) is 1. The van der Waals surface area contributed by atoms with Crippen LogP contribution in [0.4, 0.5) is 15.9 Å². The lowest BCUT2D eigenvalue weighted by molar-refractivity contribution is 0.624. The van der Waals surface area contributed by atoms with Crippen LogP contribution >= 0.6 is 39.1 Å². The van der Waals surface area contributed by atoms with E-state index in [-0.39, 0.29) is 11.1 Å². The van der Waals surface area contributed by atoms with Gasteiger partial charge in [0.05, 0.1) is 16.8 Å². The normalized spacial score (nSPS) is 12.2. The predicted molar refractivity (Wildman–Crippen MR) is 84.8 cm³/mol. The molecule has 0 saturated heterocycles. The van der Waals surface area contributed by atoms with Crippen LogP contribution in [0.1, 0.15) is 18.5 Å². The smallest absolute Gasteiger partial charge is 0.149 e. The Morgan fingerprint density at radius 3 is 2.75 bits per heavy atom. The van der Waals surface area contributed by atoms with E-state index in [2.05, 4.69) is 26.2 Å². The van der Waals surface area contributed by atoms with E-state index in [4.69, 9.17) is 28.9 Å². The highest BCUT2D eigenvalue weighted by Gasteiger charge is 2.18. The first kappa shape index (κ1) is 15.4. The molecular formula is C13H11BrCl2FN3. The van der Waals surface area contributed by atoms with Crippen molar-refractivity contribution in [1.29, 1.82) is 0 Å². The van der Waals surface area contributed by atoms with Crippen molar-refractivity contribution in [2.24, 2.45) is 0 Å². The van der Waals surface area contributed by atoms with Crippen LogP contribution in [0.3, 0.4) is 0 Å². The summed E-state index contributed by atoms with van der Waals surface area (Å²) in [5, 5.41) is 3.45. The van der Waals surface area contributed by atoms with Gasteiger partial charge in [-0.3, -0.25) is 0 Å². The number of rotatable bonds is 3. The zero-order valence-corrected chi connectivity index (χ0v) is 13.5. The monoisotopic (exact) mass is 377 g/mol. The third kappa shape index (κ3) is 3.16. The number of hydrogen-bond donors (Lipinski definition) is 2. The summed E-state index contributed by atoms with van der Waals surface area (Å²) in [6.07, 6.45) is 1.61. The number of anilines is 2. The molecule has 0 amide bonds. The molecule has 0 radical (unpaired) electrons. The average molecular weight is 379 g/mol. The van der Waals surface area contributed by atoms with Crippen molar-refractivity contribution < 1.29 is 4.39 Å². The highest BCUT2D eigenvalue weighted by atomic mass is 79.9. The lowest BCUT2D eigenvalue weighted by Crippen LogP contribution is -2.11. The number of hydrogen-bond acceptors (Lipinski definition) is 3. The summed E-state index contributed by atoms with van der Waals surface area (Å²) in [4.78, 5) is 4.16. The SMILES string of the molecule is CC(Nc1ncc(Br)cc1N)c1c(Cl)ccc(F)c1Cl. The van der Waals surface area contributed by atoms with E-state index < -0.39 is 5.82 Å². The fourth-order valence-electron chi connectivity index (χ4n) is 1.79. The van der Waals surface area contributed by atoms with Crippen molar-refractivity contribution in [3.8, 4) is 0 Å². The Hall–Kier alpha value is -1.04. The van der Waals surface area contributed by atoms with Crippen molar-refractivity contribution in [1.82, 2.24) is 4.98 Å². The van der Waals surface area contributed by atoms with Crippen molar-refractivity contribution in [2.75, 3.05) is 11.1 Å². The molecule has 106 valence electrons. The van der Waals surface area contributed by atoms with Gasteiger partial charge in [-0.15, -0.1) is 0 Å². The minimum atomic E-state index is -0.517. The molecule has 0 spiro atoms. The molecule has 2 aromatic rings. The van der Waals surface area contributed by atoms with Crippen LogP contribution in [0.2, 0.25) is 10.0 Å². The molecule has 3 nitrogen and oxygen atoms in total. The van der Waals surface area contributed by atoms with Gasteiger partial charge in [0.15, 0.2) is 0 Å². The Kier molecular flexibility index (Phi) is 4.73. The molecule has 0 bridgehead atoms. The summed E-state index contributed by atoms with van der Waals surface area (Å²) in [5.41, 5.74) is 6.80. The maximum absolute atomic E-state index is 13.5. The summed E-state index contributed by atoms with van der Waals surface area (Å²) >= 11 is 15.3. The van der Waals surface area contributed by atoms with E-state index in [9.17, 15) is 4.39 Å². The van der Waals surface area contributed by atoms with Crippen LogP contribution < -0.4 is 11.1 Å². The van der Waals surface area contributed by atoms with Crippen LogP contribution in [-0.2, 0) is 0 Å². The minimum Gasteiger partial charge on any atom is -0.396 e. The van der Waals surface area contributed by atoms with E-state index >= 15 is 0 Å². The zero-order valence-electron chi connectivity index (χ0n) is 10.4. The van der Waals surface area contributed by atoms with Crippen LogP contribution in [0, 0.1) is 5.82 Å². The Labute approximate surface area is 134 Å². The summed E-state index contributed by atoms with van der Waals surface area (Å²) < 4.78 is 14.3. The molecule has 0 saturated carbocycles. The summed E-state index contributed by atoms with van der Waals surface area (Å²) in [6, 6.07) is 4.07. The summed E-state index contributed by atoms with van der Waals surface area (Å²) in [6.45, 7) is 1.80. The molecule has 1 atom stereocenters. The predicted octanol–water partition coefficient (Wildman–Crippen LogP) is 5.05. The van der Waals surface area contributed by atoms with Gasteiger partial charge < -0.3 is 11.1 Å². The van der Waals surface area contributed by atoms with Crippen LogP contribution in [0.15, 0.2) is 28.9 Å². The Bertz CT molecular complexity index is 652. The molecule has 2 rings (SSSR count). The van der Waals surface area contributed by atoms with Gasteiger partial charge in [0, 0.05) is 21.3 Å². The Morgan fingerprint density at radius 2 is 2.10 bits per heavy atom. The molecule has 0 aliphatic heterocycles. The summed E-state index contributed by atoms with van der Waals surface area (Å²) in [7, 11) is 0. The molecule has 20 heavy (non-hydrogen) atoms. The standard InChI is InChI=1S/C13H11BrCl2FN3/c1-6(11-8(15)2-3-9(17)12(11)16)20-13-10(18)4-7(14)5-19-13/h2-6H,18H2,1H3,(H,19,20). The Morgan fingerprint density at radius 1 is 1.40 bits per heavy atom. The molecule has 1 aromatic carbocycles. The molecule has 1 aromatic heterocycles. The van der Waals surface area contributed by atoms with E-state index in [0.717, 1.165) is 4.47 Å². The third-order valence-electron chi connectivity index (χ3n) is 2.75. The largest absolute Gasteiger partial charge is 0.396 e. The second-order valence-electron chi connectivity index (χ2n) is 4.21. The van der Waals surface area contributed by atoms with Crippen molar-refractivity contribution in [2.45, 2.75) is 13.0 Å². The number of aromatic nitrogens is 1. The topological polar surface area (TPSA) is 50.9 Å². The van der Waals surface area contributed by atoms with E-state index in [1.165, 1.54) is 12.1 Å². The molecule has 1 heterocycles. The second-order valence-corrected chi connectivity index (χ2v) is 5.92. The van der Waals surface area contributed by atoms with Gasteiger partial charge in [-0.05, 0) is 41.1 Å². The van der Waals surface area contributed by atoms with Crippen LogP contribution in [-0.4, -0.2) is 4.98 Å². The van der Waals surface area contributed by atoms with Gasteiger partial charge in [-0.1, -0.05) is 23.2 Å². The maximum atomic E-state index is 13.5. The molecule has 7 heteroatoms. The molecule has 0 aliphatic carbocycles. The van der Waals surface area contributed by atoms with Gasteiger partial charge in [-0.2, -0.15) is 0 Å². The number of halogens is 4. The van der Waals surface area contributed by atoms with Gasteiger partial charge in [-0.25, -0.2) is 9.37 Å². The van der Waals surface area contributed by atoms with Crippen molar-refractivity contribution in [3.05, 3.63) is 50.3 Å². The second kappa shape index (κ2) is 6.16. The zero-order chi connectivity index (χ0) is 14.9. The van der Waals surface area contributed by atoms with E-state index in [1.54, 1.807) is 19.2 Å². The molecular weight excluding hydrogens is 368 g/mol. The highest BCUT2D eigenvalue weighted by Crippen LogP contribution is 2.34. The van der Waals surface area contributed by atoms with Gasteiger partial charge in [0.2, 0.25) is 0 Å². The third-order valence-corrected chi connectivity index (χ3v) is 3.90. The lowest BCUT2D eigenvalue weighted by atomic mass is 10.1. The first-order chi connectivity index (χ1) is 9.40. The number of benzene rings is 1. The van der Waals surface area contributed by atoms with E-state index in [1.807, 2.05) is 0 Å². The first-order valence-corrected chi connectivity index (χ1v) is 7.26. The minimum absolute atomic E-state index is 0.00631. The molecule has 0 aliphatic rings. The number of nitrogens with zero attached hydrogens (tertiary/aromatic N) is 1. The summed E-state index contributed by atoms with van der Waals surface area (Å²) in [5.74, 6) is -0.0338. The first-order valence-electron chi connectivity index (χ1n) is 5.71. The number of nitrogens with one attached hydrogen (secondary N) is 1. The van der Waals surface area contributed by atoms with Crippen LogP contribution in [0.25, 0.3) is 0 Å². The fraction of sp³-hybridized carbons (Fsp3) is 0.154. The van der Waals surface area contributed by atoms with Gasteiger partial charge >= 0.3 is 0 Å². The lowest BCUT2D eigenvalue weighted by Gasteiger charge is -2.19. The van der Waals surface area contributed by atoms with Gasteiger partial charge in [0.25, 0.3) is 0 Å².